The van der Waals surface area contributed by atoms with Crippen LogP contribution in [0.15, 0.2) is 0 Å². The Hall–Kier alpha value is -1.47. The van der Waals surface area contributed by atoms with E-state index in [9.17, 15) is 14.4 Å². The summed E-state index contributed by atoms with van der Waals surface area (Å²) in [5.74, 6) is -0.947. The van der Waals surface area contributed by atoms with Crippen molar-refractivity contribution in [3.8, 4) is 0 Å². The topological polar surface area (TPSA) is 307 Å². The van der Waals surface area contributed by atoms with Crippen molar-refractivity contribution < 1.29 is 14.4 Å². The van der Waals surface area contributed by atoms with E-state index in [1.807, 2.05) is 0 Å². The molecule has 0 radical (unpaired) electrons. The molecule has 206 valence electrons. The molecule has 0 heterocycles. The maximum absolute atomic E-state index is 12.8. The molecule has 15 nitrogen and oxygen atoms in total. The zero-order valence-electron chi connectivity index (χ0n) is 20.6. The molecule has 0 saturated carbocycles. The molecule has 0 spiro atoms. The van der Waals surface area contributed by atoms with Gasteiger partial charge < -0.3 is 51.2 Å². The molecule has 0 aromatic rings. The summed E-state index contributed by atoms with van der Waals surface area (Å²) in [6, 6.07) is -2.19. The summed E-state index contributed by atoms with van der Waals surface area (Å²) in [6.45, 7) is 1.40. The summed E-state index contributed by atoms with van der Waals surface area (Å²) < 4.78 is 0. The van der Waals surface area contributed by atoms with Gasteiger partial charge in [-0.2, -0.15) is 0 Å². The molecule has 0 amide bonds. The van der Waals surface area contributed by atoms with E-state index in [0.717, 1.165) is 0 Å². The smallest absolute Gasteiger partial charge is 0.163 e. The summed E-state index contributed by atoms with van der Waals surface area (Å²) in [5.41, 5.74) is 44.4. The Bertz CT molecular complexity index is 606. The molecule has 0 unspecified atom stereocenters. The molecule has 0 aromatic heterocycles. The molecule has 0 aliphatic carbocycles. The van der Waals surface area contributed by atoms with E-state index in [1.54, 1.807) is 0 Å². The normalized spacial score (nSPS) is 14.5. The number of ketones is 3. The Kier molecular flexibility index (Phi) is 18.9. The predicted octanol–water partition coefficient (Wildman–Crippen LogP) is -5.59. The summed E-state index contributed by atoms with van der Waals surface area (Å²) in [4.78, 5) is 37.7. The summed E-state index contributed by atoms with van der Waals surface area (Å²) in [5, 5.41) is 11.5. The lowest BCUT2D eigenvalue weighted by molar-refractivity contribution is -0.129. The Balaban J connectivity index is 4.72. The Labute approximate surface area is 207 Å². The highest BCUT2D eigenvalue weighted by molar-refractivity contribution is 6.03. The highest BCUT2D eigenvalue weighted by Crippen LogP contribution is 2.06. The molecule has 0 aliphatic rings. The van der Waals surface area contributed by atoms with Crippen LogP contribution in [0.1, 0.15) is 44.9 Å². The quantitative estimate of drug-likeness (QED) is 0.0350. The third-order valence-corrected chi connectivity index (χ3v) is 5.28. The second kappa shape index (κ2) is 19.7. The number of carbonyl (C=O) groups excluding carboxylic acids is 3. The lowest BCUT2D eigenvalue weighted by Gasteiger charge is -2.20. The third kappa shape index (κ3) is 18.5. The van der Waals surface area contributed by atoms with Crippen LogP contribution in [0.2, 0.25) is 0 Å². The van der Waals surface area contributed by atoms with Crippen LogP contribution in [0.3, 0.4) is 0 Å². The molecule has 0 bridgehead atoms. The second-order valence-electron chi connectivity index (χ2n) is 8.59. The minimum atomic E-state index is -0.780. The average Bonchev–Trinajstić information content (AvgIpc) is 2.77. The number of hydrogen-bond donors (Lipinski definition) is 12. The average molecular weight is 505 g/mol. The van der Waals surface area contributed by atoms with Crippen LogP contribution in [0.4, 0.5) is 0 Å². The first kappa shape index (κ1) is 33.5. The molecule has 15 heteroatoms. The van der Waals surface area contributed by atoms with Crippen molar-refractivity contribution in [3.63, 3.8) is 0 Å². The molecular formula is C20H48N12O3. The van der Waals surface area contributed by atoms with Crippen LogP contribution >= 0.6 is 0 Å². The first-order valence-corrected chi connectivity index (χ1v) is 12.0. The van der Waals surface area contributed by atoms with E-state index >= 15 is 0 Å². The largest absolute Gasteiger partial charge is 0.321 e. The van der Waals surface area contributed by atoms with Crippen molar-refractivity contribution in [3.05, 3.63) is 0 Å². The molecular weight excluding hydrogens is 456 g/mol. The predicted molar refractivity (Wildman–Crippen MR) is 136 cm³/mol. The molecule has 0 saturated heterocycles. The minimum Gasteiger partial charge on any atom is -0.321 e. The SMILES string of the molecule is NC(N)NCCC[C@H](NCC(=O)[C@@H](N)CCCNC(N)N)C(=O)CC(=O)[C@@H](N)CCCNC(N)N. The highest BCUT2D eigenvalue weighted by atomic mass is 16.2. The van der Waals surface area contributed by atoms with Crippen LogP contribution in [0.25, 0.3) is 0 Å². The highest BCUT2D eigenvalue weighted by Gasteiger charge is 2.25. The fourth-order valence-electron chi connectivity index (χ4n) is 3.24. The van der Waals surface area contributed by atoms with E-state index in [4.69, 9.17) is 45.9 Å². The molecule has 0 rings (SSSR count). The zero-order chi connectivity index (χ0) is 26.8. The molecule has 0 aliphatic heterocycles. The van der Waals surface area contributed by atoms with E-state index in [-0.39, 0.29) is 30.3 Å². The van der Waals surface area contributed by atoms with Gasteiger partial charge in [-0.05, 0) is 58.2 Å². The lowest BCUT2D eigenvalue weighted by atomic mass is 9.97. The van der Waals surface area contributed by atoms with E-state index in [2.05, 4.69) is 21.3 Å². The number of carbonyl (C=O) groups is 3. The minimum absolute atomic E-state index is 0.101. The van der Waals surface area contributed by atoms with Crippen molar-refractivity contribution in [1.82, 2.24) is 21.3 Å². The van der Waals surface area contributed by atoms with E-state index < -0.39 is 37.0 Å². The van der Waals surface area contributed by atoms with Gasteiger partial charge in [0, 0.05) is 0 Å². The van der Waals surface area contributed by atoms with Crippen molar-refractivity contribution in [2.45, 2.75) is 81.9 Å². The van der Waals surface area contributed by atoms with E-state index in [0.29, 0.717) is 58.2 Å². The monoisotopic (exact) mass is 504 g/mol. The van der Waals surface area contributed by atoms with Crippen molar-refractivity contribution >= 4 is 17.3 Å². The lowest BCUT2D eigenvalue weighted by Crippen LogP contribution is -2.48. The van der Waals surface area contributed by atoms with Crippen LogP contribution in [-0.2, 0) is 14.4 Å². The standard InChI is InChI=1S/C20H48N12O3/c21-12(4-1-7-29-18(23)24)15(33)10-16(34)14(6-3-9-31-20(27)28)32-11-17(35)13(22)5-2-8-30-19(25)26/h12-14,18-20,29-32H,1-11,21-28H2/t12-,13-,14-/m0/s1. The summed E-state index contributed by atoms with van der Waals surface area (Å²) in [6.07, 6.45) is 0.660. The van der Waals surface area contributed by atoms with Crippen molar-refractivity contribution in [2.75, 3.05) is 26.2 Å². The van der Waals surface area contributed by atoms with Crippen LogP contribution in [0.5, 0.6) is 0 Å². The van der Waals surface area contributed by atoms with Gasteiger partial charge in [-0.1, -0.05) is 0 Å². The van der Waals surface area contributed by atoms with Gasteiger partial charge in [0.1, 0.15) is 18.9 Å². The number of hydrogen-bond acceptors (Lipinski definition) is 15. The number of rotatable bonds is 23. The van der Waals surface area contributed by atoms with Crippen LogP contribution in [0, 0.1) is 0 Å². The molecule has 20 N–H and O–H groups in total. The fraction of sp³-hybridized carbons (Fsp3) is 0.850. The molecule has 3 atom stereocenters. The Morgan fingerprint density at radius 3 is 1.34 bits per heavy atom. The van der Waals surface area contributed by atoms with Gasteiger partial charge in [-0.15, -0.1) is 0 Å². The summed E-state index contributed by atoms with van der Waals surface area (Å²) >= 11 is 0. The summed E-state index contributed by atoms with van der Waals surface area (Å²) in [7, 11) is 0. The molecule has 0 fully saturated rings. The Morgan fingerprint density at radius 1 is 0.514 bits per heavy atom. The first-order chi connectivity index (χ1) is 16.4. The first-order valence-electron chi connectivity index (χ1n) is 12.0. The second-order valence-corrected chi connectivity index (χ2v) is 8.59. The van der Waals surface area contributed by atoms with Gasteiger partial charge >= 0.3 is 0 Å². The maximum atomic E-state index is 12.8. The molecule has 35 heavy (non-hydrogen) atoms. The van der Waals surface area contributed by atoms with Gasteiger partial charge in [-0.3, -0.25) is 30.3 Å². The number of nitrogens with two attached hydrogens (primary N) is 8. The zero-order valence-corrected chi connectivity index (χ0v) is 20.6. The third-order valence-electron chi connectivity index (χ3n) is 5.28. The van der Waals surface area contributed by atoms with Crippen molar-refractivity contribution in [1.29, 1.82) is 0 Å². The van der Waals surface area contributed by atoms with Crippen molar-refractivity contribution in [2.24, 2.45) is 45.9 Å². The van der Waals surface area contributed by atoms with Crippen LogP contribution in [-0.4, -0.2) is 80.5 Å². The number of nitrogens with one attached hydrogen (secondary N) is 4. The van der Waals surface area contributed by atoms with Crippen LogP contribution < -0.4 is 67.1 Å². The van der Waals surface area contributed by atoms with Gasteiger partial charge in [0.15, 0.2) is 17.3 Å². The number of Topliss-reactive ketones (excluding diaryl/α,β-unsaturated/α-hetero) is 3. The Morgan fingerprint density at radius 2 is 0.914 bits per heavy atom. The maximum Gasteiger partial charge on any atom is 0.163 e. The molecule has 0 aromatic carbocycles. The van der Waals surface area contributed by atoms with Gasteiger partial charge in [0.05, 0.1) is 31.1 Å². The van der Waals surface area contributed by atoms with Gasteiger partial charge in [-0.25, -0.2) is 0 Å². The van der Waals surface area contributed by atoms with Gasteiger partial charge in [0.2, 0.25) is 0 Å². The van der Waals surface area contributed by atoms with E-state index in [1.165, 1.54) is 0 Å². The van der Waals surface area contributed by atoms with Gasteiger partial charge in [0.25, 0.3) is 0 Å². The fourth-order valence-corrected chi connectivity index (χ4v) is 3.24.